The standard InChI is InChI=1S/C19H18N2O2/c1-23-16-7-4-13(5-8-16)14-6-9-18-17(11-14)19(22)21-10-2-3-15(21)12-20-18/h4-9,11-12,15H,2-3,10H2,1H3/t15-/m0/s1. The number of benzene rings is 2. The van der Waals surface area contributed by atoms with Gasteiger partial charge >= 0.3 is 0 Å². The molecular weight excluding hydrogens is 288 g/mol. The van der Waals surface area contributed by atoms with Crippen LogP contribution >= 0.6 is 0 Å². The van der Waals surface area contributed by atoms with Crippen LogP contribution in [0.4, 0.5) is 5.69 Å². The molecule has 116 valence electrons. The van der Waals surface area contributed by atoms with Gasteiger partial charge in [-0.25, -0.2) is 0 Å². The van der Waals surface area contributed by atoms with Crippen molar-refractivity contribution in [2.45, 2.75) is 18.9 Å². The molecule has 2 aliphatic heterocycles. The van der Waals surface area contributed by atoms with Crippen molar-refractivity contribution >= 4 is 17.8 Å². The molecule has 0 radical (unpaired) electrons. The molecule has 1 saturated heterocycles. The third kappa shape index (κ3) is 2.40. The third-order valence-electron chi connectivity index (χ3n) is 4.60. The predicted octanol–water partition coefficient (Wildman–Crippen LogP) is 3.68. The Labute approximate surface area is 135 Å². The molecule has 4 nitrogen and oxygen atoms in total. The molecule has 1 atom stereocenters. The van der Waals surface area contributed by atoms with Crippen molar-refractivity contribution in [2.24, 2.45) is 4.99 Å². The fraction of sp³-hybridized carbons (Fsp3) is 0.263. The molecule has 1 amide bonds. The molecule has 0 aliphatic carbocycles. The van der Waals surface area contributed by atoms with Gasteiger partial charge in [0.15, 0.2) is 0 Å². The lowest BCUT2D eigenvalue weighted by Gasteiger charge is -2.20. The molecular formula is C19H18N2O2. The van der Waals surface area contributed by atoms with E-state index in [4.69, 9.17) is 4.74 Å². The van der Waals surface area contributed by atoms with Gasteiger partial charge < -0.3 is 9.64 Å². The predicted molar refractivity (Wildman–Crippen MR) is 90.6 cm³/mol. The molecule has 1 fully saturated rings. The zero-order valence-electron chi connectivity index (χ0n) is 13.0. The monoisotopic (exact) mass is 306 g/mol. The van der Waals surface area contributed by atoms with E-state index in [1.165, 1.54) is 0 Å². The van der Waals surface area contributed by atoms with E-state index in [2.05, 4.69) is 4.99 Å². The summed E-state index contributed by atoms with van der Waals surface area (Å²) in [7, 11) is 1.65. The second-order valence-corrected chi connectivity index (χ2v) is 5.95. The molecule has 0 unspecified atom stereocenters. The number of fused-ring (bicyclic) bond motifs is 2. The summed E-state index contributed by atoms with van der Waals surface area (Å²) in [6, 6.07) is 13.9. The highest BCUT2D eigenvalue weighted by Crippen LogP contribution is 2.32. The van der Waals surface area contributed by atoms with Crippen LogP contribution in [0.3, 0.4) is 0 Å². The van der Waals surface area contributed by atoms with Gasteiger partial charge in [0.05, 0.1) is 24.4 Å². The van der Waals surface area contributed by atoms with E-state index in [0.717, 1.165) is 42.0 Å². The number of aliphatic imine (C=N–C) groups is 1. The molecule has 2 aromatic rings. The Hall–Kier alpha value is -2.62. The van der Waals surface area contributed by atoms with E-state index in [9.17, 15) is 4.79 Å². The van der Waals surface area contributed by atoms with Crippen LogP contribution in [-0.4, -0.2) is 36.7 Å². The highest BCUT2D eigenvalue weighted by molar-refractivity contribution is 6.03. The van der Waals surface area contributed by atoms with Crippen molar-refractivity contribution in [1.82, 2.24) is 4.90 Å². The van der Waals surface area contributed by atoms with E-state index in [1.807, 2.05) is 53.6 Å². The van der Waals surface area contributed by atoms with Gasteiger partial charge in [0.25, 0.3) is 5.91 Å². The summed E-state index contributed by atoms with van der Waals surface area (Å²) in [4.78, 5) is 19.3. The summed E-state index contributed by atoms with van der Waals surface area (Å²) in [6.07, 6.45) is 3.98. The number of carbonyl (C=O) groups excluding carboxylic acids is 1. The first-order valence-electron chi connectivity index (χ1n) is 7.90. The van der Waals surface area contributed by atoms with Crippen molar-refractivity contribution in [3.63, 3.8) is 0 Å². The lowest BCUT2D eigenvalue weighted by molar-refractivity contribution is 0.0775. The average Bonchev–Trinajstić information content (AvgIpc) is 3.03. The van der Waals surface area contributed by atoms with E-state index in [-0.39, 0.29) is 11.9 Å². The smallest absolute Gasteiger partial charge is 0.256 e. The molecule has 0 bridgehead atoms. The fourth-order valence-corrected chi connectivity index (χ4v) is 3.30. The Morgan fingerprint density at radius 3 is 2.70 bits per heavy atom. The maximum atomic E-state index is 12.8. The minimum atomic E-state index is 0.0929. The van der Waals surface area contributed by atoms with Gasteiger partial charge in [-0.15, -0.1) is 0 Å². The maximum Gasteiger partial charge on any atom is 0.256 e. The highest BCUT2D eigenvalue weighted by Gasteiger charge is 2.31. The molecule has 0 spiro atoms. The van der Waals surface area contributed by atoms with Crippen LogP contribution in [0.1, 0.15) is 23.2 Å². The second kappa shape index (κ2) is 5.54. The number of hydrogen-bond acceptors (Lipinski definition) is 3. The lowest BCUT2D eigenvalue weighted by Crippen LogP contribution is -2.35. The first-order valence-corrected chi connectivity index (χ1v) is 7.90. The van der Waals surface area contributed by atoms with Gasteiger partial charge in [0, 0.05) is 12.8 Å². The van der Waals surface area contributed by atoms with Gasteiger partial charge in [-0.3, -0.25) is 9.79 Å². The number of nitrogens with zero attached hydrogens (tertiary/aromatic N) is 2. The van der Waals surface area contributed by atoms with Crippen molar-refractivity contribution in [2.75, 3.05) is 13.7 Å². The van der Waals surface area contributed by atoms with Crippen molar-refractivity contribution < 1.29 is 9.53 Å². The number of methoxy groups -OCH3 is 1. The van der Waals surface area contributed by atoms with Gasteiger partial charge in [0.2, 0.25) is 0 Å². The molecule has 0 saturated carbocycles. The van der Waals surface area contributed by atoms with Gasteiger partial charge in [-0.2, -0.15) is 0 Å². The Kier molecular flexibility index (Phi) is 3.37. The van der Waals surface area contributed by atoms with Gasteiger partial charge in [0.1, 0.15) is 5.75 Å². The minimum Gasteiger partial charge on any atom is -0.497 e. The third-order valence-corrected chi connectivity index (χ3v) is 4.60. The highest BCUT2D eigenvalue weighted by atomic mass is 16.5. The Bertz CT molecular complexity index is 780. The molecule has 0 N–H and O–H groups in total. The van der Waals surface area contributed by atoms with Crippen molar-refractivity contribution in [3.05, 3.63) is 48.0 Å². The number of carbonyl (C=O) groups is 1. The Balaban J connectivity index is 1.74. The van der Waals surface area contributed by atoms with Gasteiger partial charge in [-0.05, 0) is 48.2 Å². The number of hydrogen-bond donors (Lipinski definition) is 0. The summed E-state index contributed by atoms with van der Waals surface area (Å²) in [6.45, 7) is 0.821. The summed E-state index contributed by atoms with van der Waals surface area (Å²) in [5.74, 6) is 0.916. The topological polar surface area (TPSA) is 41.9 Å². The van der Waals surface area contributed by atoms with E-state index in [0.29, 0.717) is 5.56 Å². The summed E-state index contributed by atoms with van der Waals surface area (Å²) < 4.78 is 5.20. The maximum absolute atomic E-state index is 12.8. The number of amides is 1. The van der Waals surface area contributed by atoms with Crippen LogP contribution in [0.2, 0.25) is 0 Å². The van der Waals surface area contributed by atoms with Crippen molar-refractivity contribution in [3.8, 4) is 16.9 Å². The normalized spacial score (nSPS) is 19.3. The molecule has 2 aliphatic rings. The largest absolute Gasteiger partial charge is 0.497 e. The average molecular weight is 306 g/mol. The zero-order valence-corrected chi connectivity index (χ0v) is 13.0. The first kappa shape index (κ1) is 14.0. The summed E-state index contributed by atoms with van der Waals surface area (Å²) in [5, 5.41) is 0. The lowest BCUT2D eigenvalue weighted by atomic mass is 10.0. The Morgan fingerprint density at radius 1 is 1.13 bits per heavy atom. The van der Waals surface area contributed by atoms with Crippen LogP contribution in [0, 0.1) is 0 Å². The number of rotatable bonds is 2. The summed E-state index contributed by atoms with van der Waals surface area (Å²) >= 11 is 0. The van der Waals surface area contributed by atoms with Crippen molar-refractivity contribution in [1.29, 1.82) is 0 Å². The molecule has 4 rings (SSSR count). The van der Waals surface area contributed by atoms with E-state index in [1.54, 1.807) is 7.11 Å². The van der Waals surface area contributed by atoms with E-state index >= 15 is 0 Å². The zero-order chi connectivity index (χ0) is 15.8. The molecule has 0 aromatic heterocycles. The van der Waals surface area contributed by atoms with Crippen LogP contribution in [0.25, 0.3) is 11.1 Å². The SMILES string of the molecule is COc1ccc(-c2ccc3c(c2)C(=O)N2CCC[C@H]2C=N3)cc1. The van der Waals surface area contributed by atoms with Gasteiger partial charge in [-0.1, -0.05) is 18.2 Å². The summed E-state index contributed by atoms with van der Waals surface area (Å²) in [5.41, 5.74) is 3.54. The molecule has 4 heteroatoms. The molecule has 2 aromatic carbocycles. The van der Waals surface area contributed by atoms with Crippen LogP contribution in [0.5, 0.6) is 5.75 Å². The quantitative estimate of drug-likeness (QED) is 0.849. The number of ether oxygens (including phenoxy) is 1. The fourth-order valence-electron chi connectivity index (χ4n) is 3.30. The van der Waals surface area contributed by atoms with Crippen LogP contribution in [-0.2, 0) is 0 Å². The minimum absolute atomic E-state index is 0.0929. The van der Waals surface area contributed by atoms with Crippen LogP contribution in [0.15, 0.2) is 47.5 Å². The first-order chi connectivity index (χ1) is 11.3. The Morgan fingerprint density at radius 2 is 1.91 bits per heavy atom. The second-order valence-electron chi connectivity index (χ2n) is 5.95. The van der Waals surface area contributed by atoms with Crippen LogP contribution < -0.4 is 4.74 Å². The molecule has 23 heavy (non-hydrogen) atoms. The van der Waals surface area contributed by atoms with E-state index < -0.39 is 0 Å². The molecule has 2 heterocycles.